The van der Waals surface area contributed by atoms with E-state index in [4.69, 9.17) is 20.2 Å². The van der Waals surface area contributed by atoms with Crippen molar-refractivity contribution in [1.29, 1.82) is 0 Å². The van der Waals surface area contributed by atoms with Crippen molar-refractivity contribution in [2.45, 2.75) is 18.9 Å². The molecule has 0 radical (unpaired) electrons. The van der Waals surface area contributed by atoms with Crippen LogP contribution in [0.3, 0.4) is 0 Å². The van der Waals surface area contributed by atoms with E-state index in [0.29, 0.717) is 5.56 Å². The number of amides is 1. The summed E-state index contributed by atoms with van der Waals surface area (Å²) < 4.78 is 11.0. The quantitative estimate of drug-likeness (QED) is 0.650. The Hall–Kier alpha value is -3.32. The lowest BCUT2D eigenvalue weighted by molar-refractivity contribution is 0.100. The first-order valence-electron chi connectivity index (χ1n) is 9.32. The molecule has 1 fully saturated rings. The molecule has 0 spiro atoms. The minimum Gasteiger partial charge on any atom is -0.454 e. The molecule has 1 aromatic heterocycles. The zero-order valence-electron chi connectivity index (χ0n) is 15.2. The summed E-state index contributed by atoms with van der Waals surface area (Å²) >= 11 is 0. The number of carbonyl (C=O) groups excluding carboxylic acids is 1. The number of nitrogens with two attached hydrogens (primary N) is 1. The van der Waals surface area contributed by atoms with Crippen molar-refractivity contribution >= 4 is 5.91 Å². The fourth-order valence-corrected chi connectivity index (χ4v) is 3.76. The van der Waals surface area contributed by atoms with Gasteiger partial charge in [0.25, 0.3) is 0 Å². The normalized spacial score (nSPS) is 17.8. The van der Waals surface area contributed by atoms with Gasteiger partial charge >= 0.3 is 0 Å². The van der Waals surface area contributed by atoms with Crippen LogP contribution < -0.4 is 20.5 Å². The standard InChI is InChI=1S/C21H20N4O3/c22-20(26)12-3-5-13(6-4-12)21-24-18(19(25-21)15-2-1-9-23-15)14-7-8-16-17(10-14)28-11-27-16/h3-8,10,15,23H,1-2,9,11H2,(H2,22,26)(H,24,25). The van der Waals surface area contributed by atoms with E-state index in [9.17, 15) is 4.79 Å². The van der Waals surface area contributed by atoms with Crippen molar-refractivity contribution in [3.63, 3.8) is 0 Å². The average molecular weight is 376 g/mol. The van der Waals surface area contributed by atoms with Gasteiger partial charge in [-0.3, -0.25) is 4.79 Å². The highest BCUT2D eigenvalue weighted by atomic mass is 16.7. The van der Waals surface area contributed by atoms with Crippen molar-refractivity contribution in [2.75, 3.05) is 13.3 Å². The van der Waals surface area contributed by atoms with Crippen LogP contribution in [-0.2, 0) is 0 Å². The van der Waals surface area contributed by atoms with E-state index in [0.717, 1.165) is 59.2 Å². The highest BCUT2D eigenvalue weighted by molar-refractivity contribution is 5.93. The minimum atomic E-state index is -0.442. The molecule has 1 atom stereocenters. The topological polar surface area (TPSA) is 102 Å². The molecule has 1 unspecified atom stereocenters. The largest absolute Gasteiger partial charge is 0.454 e. The maximum atomic E-state index is 11.3. The average Bonchev–Trinajstić information content (AvgIpc) is 3.47. The van der Waals surface area contributed by atoms with Gasteiger partial charge in [0.05, 0.1) is 11.4 Å². The number of H-pyrrole nitrogens is 1. The van der Waals surface area contributed by atoms with E-state index in [-0.39, 0.29) is 12.8 Å². The molecular formula is C21H20N4O3. The zero-order valence-corrected chi connectivity index (χ0v) is 15.2. The lowest BCUT2D eigenvalue weighted by Crippen LogP contribution is -2.14. The van der Waals surface area contributed by atoms with Crippen LogP contribution in [-0.4, -0.2) is 29.2 Å². The van der Waals surface area contributed by atoms with Gasteiger partial charge in [0, 0.05) is 22.7 Å². The molecule has 0 saturated carbocycles. The summed E-state index contributed by atoms with van der Waals surface area (Å²) in [5.74, 6) is 1.80. The van der Waals surface area contributed by atoms with Crippen molar-refractivity contribution in [3.8, 4) is 34.1 Å². The van der Waals surface area contributed by atoms with Crippen molar-refractivity contribution in [3.05, 3.63) is 53.7 Å². The van der Waals surface area contributed by atoms with Gasteiger partial charge in [-0.25, -0.2) is 4.98 Å². The molecule has 1 amide bonds. The summed E-state index contributed by atoms with van der Waals surface area (Å²) in [5.41, 5.74) is 9.65. The van der Waals surface area contributed by atoms with Gasteiger partial charge in [-0.1, -0.05) is 12.1 Å². The molecular weight excluding hydrogens is 356 g/mol. The van der Waals surface area contributed by atoms with Crippen LogP contribution in [0.5, 0.6) is 11.5 Å². The molecule has 3 aromatic rings. The summed E-state index contributed by atoms with van der Waals surface area (Å²) in [4.78, 5) is 19.7. The number of benzene rings is 2. The molecule has 3 heterocycles. The molecule has 142 valence electrons. The second-order valence-corrected chi connectivity index (χ2v) is 7.01. The zero-order chi connectivity index (χ0) is 19.1. The summed E-state index contributed by atoms with van der Waals surface area (Å²) in [6.45, 7) is 1.24. The summed E-state index contributed by atoms with van der Waals surface area (Å²) in [6, 6.07) is 13.3. The van der Waals surface area contributed by atoms with Crippen LogP contribution in [0.4, 0.5) is 0 Å². The number of carbonyl (C=O) groups is 1. The number of nitrogens with one attached hydrogen (secondary N) is 2. The van der Waals surface area contributed by atoms with Crippen molar-refractivity contribution in [2.24, 2.45) is 5.73 Å². The predicted octanol–water partition coefficient (Wildman–Crippen LogP) is 3.00. The number of imidazole rings is 1. The fourth-order valence-electron chi connectivity index (χ4n) is 3.76. The van der Waals surface area contributed by atoms with E-state index in [1.807, 2.05) is 30.3 Å². The van der Waals surface area contributed by atoms with Gasteiger partial charge in [-0.05, 0) is 49.7 Å². The predicted molar refractivity (Wildman–Crippen MR) is 104 cm³/mol. The Kier molecular flexibility index (Phi) is 4.02. The van der Waals surface area contributed by atoms with Gasteiger partial charge in [0.1, 0.15) is 5.82 Å². The fraction of sp³-hybridized carbons (Fsp3) is 0.238. The van der Waals surface area contributed by atoms with Crippen LogP contribution in [0.15, 0.2) is 42.5 Å². The maximum absolute atomic E-state index is 11.3. The summed E-state index contributed by atoms with van der Waals surface area (Å²) in [6.07, 6.45) is 2.19. The van der Waals surface area contributed by atoms with Crippen LogP contribution in [0, 0.1) is 0 Å². The highest BCUT2D eigenvalue weighted by Gasteiger charge is 2.25. The number of fused-ring (bicyclic) bond motifs is 1. The minimum absolute atomic E-state index is 0.228. The van der Waals surface area contributed by atoms with Gasteiger partial charge < -0.3 is 25.5 Å². The molecule has 2 aromatic carbocycles. The van der Waals surface area contributed by atoms with E-state index < -0.39 is 5.91 Å². The number of aromatic amines is 1. The Balaban J connectivity index is 1.58. The molecule has 7 nitrogen and oxygen atoms in total. The number of rotatable bonds is 4. The SMILES string of the molecule is NC(=O)c1ccc(-c2nc(-c3ccc4c(c3)OCO4)c(C3CCCN3)[nH]2)cc1. The number of hydrogen-bond donors (Lipinski definition) is 3. The first-order valence-corrected chi connectivity index (χ1v) is 9.32. The second-order valence-electron chi connectivity index (χ2n) is 7.01. The molecule has 4 N–H and O–H groups in total. The lowest BCUT2D eigenvalue weighted by Gasteiger charge is -2.10. The molecule has 0 aliphatic carbocycles. The smallest absolute Gasteiger partial charge is 0.248 e. The summed E-state index contributed by atoms with van der Waals surface area (Å²) in [7, 11) is 0. The maximum Gasteiger partial charge on any atom is 0.248 e. The molecule has 7 heteroatoms. The van der Waals surface area contributed by atoms with Crippen LogP contribution in [0.2, 0.25) is 0 Å². The molecule has 1 saturated heterocycles. The lowest BCUT2D eigenvalue weighted by atomic mass is 10.0. The molecule has 0 bridgehead atoms. The monoisotopic (exact) mass is 376 g/mol. The Morgan fingerprint density at radius 1 is 1.07 bits per heavy atom. The third kappa shape index (κ3) is 2.90. The van der Waals surface area contributed by atoms with E-state index in [2.05, 4.69) is 10.3 Å². The highest BCUT2D eigenvalue weighted by Crippen LogP contribution is 2.39. The number of nitrogens with zero attached hydrogens (tertiary/aromatic N) is 1. The first-order chi connectivity index (χ1) is 13.7. The molecule has 2 aliphatic heterocycles. The number of ether oxygens (including phenoxy) is 2. The third-order valence-corrected chi connectivity index (χ3v) is 5.23. The van der Waals surface area contributed by atoms with Crippen molar-refractivity contribution in [1.82, 2.24) is 15.3 Å². The van der Waals surface area contributed by atoms with Gasteiger partial charge in [0.2, 0.25) is 12.7 Å². The van der Waals surface area contributed by atoms with Gasteiger partial charge in [0.15, 0.2) is 11.5 Å². The van der Waals surface area contributed by atoms with E-state index in [1.165, 1.54) is 0 Å². The van der Waals surface area contributed by atoms with Gasteiger partial charge in [-0.2, -0.15) is 0 Å². The third-order valence-electron chi connectivity index (χ3n) is 5.23. The number of hydrogen-bond acceptors (Lipinski definition) is 5. The van der Waals surface area contributed by atoms with Crippen LogP contribution in [0.25, 0.3) is 22.6 Å². The Bertz CT molecular complexity index is 1040. The van der Waals surface area contributed by atoms with Crippen LogP contribution in [0.1, 0.15) is 34.9 Å². The van der Waals surface area contributed by atoms with E-state index in [1.54, 1.807) is 12.1 Å². The molecule has 5 rings (SSSR count). The Labute approximate surface area is 161 Å². The Morgan fingerprint density at radius 2 is 1.86 bits per heavy atom. The molecule has 28 heavy (non-hydrogen) atoms. The second kappa shape index (κ2) is 6.69. The van der Waals surface area contributed by atoms with Gasteiger partial charge in [-0.15, -0.1) is 0 Å². The number of primary amides is 1. The van der Waals surface area contributed by atoms with E-state index >= 15 is 0 Å². The van der Waals surface area contributed by atoms with Crippen molar-refractivity contribution < 1.29 is 14.3 Å². The Morgan fingerprint density at radius 3 is 2.61 bits per heavy atom. The first kappa shape index (κ1) is 16.8. The molecule has 2 aliphatic rings. The number of aromatic nitrogens is 2. The van der Waals surface area contributed by atoms with Crippen LogP contribution >= 0.6 is 0 Å². The summed E-state index contributed by atoms with van der Waals surface area (Å²) in [5, 5.41) is 3.54.